The number of thioether (sulfide) groups is 1. The Hall–Kier alpha value is -4.21. The van der Waals surface area contributed by atoms with E-state index in [1.807, 2.05) is 55.6 Å². The highest BCUT2D eigenvalue weighted by molar-refractivity contribution is 8.00. The van der Waals surface area contributed by atoms with E-state index in [1.54, 1.807) is 48.5 Å². The molecule has 0 atom stereocenters. The minimum Gasteiger partial charge on any atom is -0.321 e. The third-order valence-corrected chi connectivity index (χ3v) is 7.21. The molecule has 0 bridgehead atoms. The van der Waals surface area contributed by atoms with E-state index in [-0.39, 0.29) is 23.3 Å². The summed E-state index contributed by atoms with van der Waals surface area (Å²) in [6.45, 7) is 3.81. The number of hydrogen-bond acceptors (Lipinski definition) is 6. The van der Waals surface area contributed by atoms with Crippen LogP contribution in [0, 0.1) is 13.8 Å². The topological polar surface area (TPSA) is 100 Å². The van der Waals surface area contributed by atoms with E-state index in [4.69, 9.17) is 0 Å². The summed E-state index contributed by atoms with van der Waals surface area (Å²) in [5.41, 5.74) is 3.75. The first kappa shape index (κ1) is 26.8. The van der Waals surface area contributed by atoms with Crippen molar-refractivity contribution >= 4 is 57.7 Å². The van der Waals surface area contributed by atoms with Crippen LogP contribution < -0.4 is 16.0 Å². The molecule has 0 unspecified atom stereocenters. The zero-order valence-electron chi connectivity index (χ0n) is 20.9. The van der Waals surface area contributed by atoms with Gasteiger partial charge in [-0.25, -0.2) is 4.98 Å². The largest absolute Gasteiger partial charge is 0.321 e. The fourth-order valence-electron chi connectivity index (χ4n) is 3.42. The fourth-order valence-corrected chi connectivity index (χ4v) is 4.88. The van der Waals surface area contributed by atoms with E-state index >= 15 is 0 Å². The molecule has 0 saturated carbocycles. The van der Waals surface area contributed by atoms with Gasteiger partial charge in [0.15, 0.2) is 5.13 Å². The molecule has 0 fully saturated rings. The predicted molar refractivity (Wildman–Crippen MR) is 154 cm³/mol. The molecule has 9 heteroatoms. The number of aromatic nitrogens is 1. The maximum atomic E-state index is 13.3. The van der Waals surface area contributed by atoms with Gasteiger partial charge in [-0.3, -0.25) is 14.4 Å². The molecule has 3 N–H and O–H groups in total. The third-order valence-electron chi connectivity index (χ3n) is 5.34. The highest BCUT2D eigenvalue weighted by atomic mass is 32.2. The van der Waals surface area contributed by atoms with Crippen LogP contribution in [-0.4, -0.2) is 28.5 Å². The molecule has 0 spiro atoms. The summed E-state index contributed by atoms with van der Waals surface area (Å²) in [5, 5.41) is 10.8. The number of hydrogen-bond donors (Lipinski definition) is 3. The van der Waals surface area contributed by atoms with Crippen molar-refractivity contribution in [2.45, 2.75) is 18.7 Å². The van der Waals surface area contributed by atoms with Gasteiger partial charge in [0.2, 0.25) is 5.91 Å². The fraction of sp³-hybridized carbons (Fsp3) is 0.103. The summed E-state index contributed by atoms with van der Waals surface area (Å²) in [6.07, 6.45) is 1.66. The Kier molecular flexibility index (Phi) is 9.07. The molecule has 0 aliphatic rings. The van der Waals surface area contributed by atoms with Crippen LogP contribution in [0.3, 0.4) is 0 Å². The summed E-state index contributed by atoms with van der Waals surface area (Å²) in [6, 6.07) is 23.5. The number of amides is 3. The first-order valence-electron chi connectivity index (χ1n) is 11.8. The van der Waals surface area contributed by atoms with Gasteiger partial charge in [-0.15, -0.1) is 23.1 Å². The van der Waals surface area contributed by atoms with Crippen molar-refractivity contribution in [2.24, 2.45) is 0 Å². The van der Waals surface area contributed by atoms with Crippen molar-refractivity contribution in [1.29, 1.82) is 0 Å². The van der Waals surface area contributed by atoms with Crippen molar-refractivity contribution in [2.75, 3.05) is 16.4 Å². The van der Waals surface area contributed by atoms with Crippen molar-refractivity contribution in [1.82, 2.24) is 10.3 Å². The molecule has 0 radical (unpaired) electrons. The normalized spacial score (nSPS) is 11.1. The molecule has 0 aliphatic heterocycles. The lowest BCUT2D eigenvalue weighted by molar-refractivity contribution is -0.114. The van der Waals surface area contributed by atoms with E-state index in [0.717, 1.165) is 21.7 Å². The number of aryl methyl sites for hydroxylation is 2. The predicted octanol–water partition coefficient (Wildman–Crippen LogP) is 5.90. The van der Waals surface area contributed by atoms with Crippen LogP contribution in [0.4, 0.5) is 10.8 Å². The second-order valence-corrected chi connectivity index (χ2v) is 10.3. The molecular formula is C29H26N4O3S2. The molecule has 3 aromatic carbocycles. The molecule has 7 nitrogen and oxygen atoms in total. The van der Waals surface area contributed by atoms with Crippen LogP contribution in [-0.2, 0) is 9.59 Å². The van der Waals surface area contributed by atoms with Crippen LogP contribution in [0.25, 0.3) is 6.08 Å². The third kappa shape index (κ3) is 7.64. The van der Waals surface area contributed by atoms with Crippen LogP contribution >= 0.6 is 23.1 Å². The summed E-state index contributed by atoms with van der Waals surface area (Å²) in [5.74, 6) is -0.810. The lowest BCUT2D eigenvalue weighted by Crippen LogP contribution is -2.30. The summed E-state index contributed by atoms with van der Waals surface area (Å²) >= 11 is 2.73. The minimum absolute atomic E-state index is 0.115. The summed E-state index contributed by atoms with van der Waals surface area (Å²) in [4.78, 5) is 43.5. The second-order valence-electron chi connectivity index (χ2n) is 8.35. The van der Waals surface area contributed by atoms with Crippen molar-refractivity contribution in [3.05, 3.63) is 112 Å². The molecule has 0 aliphatic carbocycles. The van der Waals surface area contributed by atoms with E-state index in [2.05, 4.69) is 20.9 Å². The number of thiazole rings is 1. The smallest absolute Gasteiger partial charge is 0.272 e. The summed E-state index contributed by atoms with van der Waals surface area (Å²) in [7, 11) is 0. The molecule has 0 saturated heterocycles. The first-order chi connectivity index (χ1) is 18.4. The van der Waals surface area contributed by atoms with Crippen LogP contribution in [0.5, 0.6) is 0 Å². The van der Waals surface area contributed by atoms with Crippen molar-refractivity contribution in [3.8, 4) is 0 Å². The Morgan fingerprint density at radius 1 is 0.921 bits per heavy atom. The minimum atomic E-state index is -0.462. The number of nitrogens with one attached hydrogen (secondary N) is 3. The average molecular weight is 543 g/mol. The molecule has 3 amide bonds. The van der Waals surface area contributed by atoms with E-state index in [9.17, 15) is 14.4 Å². The highest BCUT2D eigenvalue weighted by Crippen LogP contribution is 2.23. The molecule has 38 heavy (non-hydrogen) atoms. The lowest BCUT2D eigenvalue weighted by Gasteiger charge is -2.13. The van der Waals surface area contributed by atoms with Crippen LogP contribution in [0.15, 0.2) is 94.8 Å². The van der Waals surface area contributed by atoms with E-state index in [0.29, 0.717) is 16.4 Å². The van der Waals surface area contributed by atoms with Crippen molar-refractivity contribution < 1.29 is 14.4 Å². The Morgan fingerprint density at radius 3 is 2.42 bits per heavy atom. The standard InChI is InChI=1S/C29H26N4O3S2/c1-19-9-6-7-12-22(19)15-25(32-27(35)21-10-4-3-5-11-21)28(36)31-23-13-8-14-24(16-23)37-18-26(34)33-29-30-20(2)17-38-29/h3-17H,18H2,1-2H3,(H,31,36)(H,32,35)(H,30,33,34)/b25-15-. The maximum Gasteiger partial charge on any atom is 0.272 e. The number of rotatable bonds is 9. The van der Waals surface area contributed by atoms with Gasteiger partial charge in [-0.1, -0.05) is 48.5 Å². The Morgan fingerprint density at radius 2 is 1.68 bits per heavy atom. The van der Waals surface area contributed by atoms with Gasteiger partial charge >= 0.3 is 0 Å². The average Bonchev–Trinajstić information content (AvgIpc) is 3.33. The number of anilines is 2. The van der Waals surface area contributed by atoms with E-state index < -0.39 is 5.91 Å². The number of nitrogens with zero attached hydrogens (tertiary/aromatic N) is 1. The van der Waals surface area contributed by atoms with Crippen LogP contribution in [0.1, 0.15) is 27.2 Å². The monoisotopic (exact) mass is 542 g/mol. The zero-order valence-corrected chi connectivity index (χ0v) is 22.5. The van der Waals surface area contributed by atoms with Gasteiger partial charge in [0.05, 0.1) is 11.4 Å². The van der Waals surface area contributed by atoms with Gasteiger partial charge < -0.3 is 16.0 Å². The Balaban J connectivity index is 1.46. The number of benzene rings is 3. The number of carbonyl (C=O) groups is 3. The zero-order chi connectivity index (χ0) is 26.9. The highest BCUT2D eigenvalue weighted by Gasteiger charge is 2.16. The molecule has 4 aromatic rings. The van der Waals surface area contributed by atoms with E-state index in [1.165, 1.54) is 23.1 Å². The molecule has 1 heterocycles. The Bertz CT molecular complexity index is 1480. The van der Waals surface area contributed by atoms with Gasteiger partial charge in [0, 0.05) is 21.5 Å². The van der Waals surface area contributed by atoms with Crippen LogP contribution in [0.2, 0.25) is 0 Å². The van der Waals surface area contributed by atoms with Crippen molar-refractivity contribution in [3.63, 3.8) is 0 Å². The Labute approximate surface area is 229 Å². The van der Waals surface area contributed by atoms with Gasteiger partial charge in [-0.2, -0.15) is 0 Å². The SMILES string of the molecule is Cc1csc(NC(=O)CSc2cccc(NC(=O)/C(=C/c3ccccc3C)NC(=O)c3ccccc3)c2)n1. The molecule has 192 valence electrons. The quantitative estimate of drug-likeness (QED) is 0.181. The van der Waals surface area contributed by atoms with Gasteiger partial charge in [-0.05, 0) is 61.4 Å². The summed E-state index contributed by atoms with van der Waals surface area (Å²) < 4.78 is 0. The number of carbonyl (C=O) groups excluding carboxylic acids is 3. The van der Waals surface area contributed by atoms with Gasteiger partial charge in [0.1, 0.15) is 5.70 Å². The second kappa shape index (κ2) is 12.8. The molecular weight excluding hydrogens is 516 g/mol. The first-order valence-corrected chi connectivity index (χ1v) is 13.6. The molecule has 4 rings (SSSR count). The molecule has 1 aromatic heterocycles. The lowest BCUT2D eigenvalue weighted by atomic mass is 10.1. The maximum absolute atomic E-state index is 13.3. The van der Waals surface area contributed by atoms with Gasteiger partial charge in [0.25, 0.3) is 11.8 Å².